The molecule has 1 N–H and O–H groups in total. The van der Waals surface area contributed by atoms with Crippen molar-refractivity contribution >= 4 is 0 Å². The first-order valence-electron chi connectivity index (χ1n) is 12.4. The van der Waals surface area contributed by atoms with Gasteiger partial charge in [-0.05, 0) is 68.5 Å². The molecule has 0 amide bonds. The molecular formula is C28H37N3O3. The minimum atomic E-state index is -0.311. The van der Waals surface area contributed by atoms with Gasteiger partial charge in [-0.25, -0.2) is 4.68 Å². The first-order chi connectivity index (χ1) is 16.6. The van der Waals surface area contributed by atoms with Crippen molar-refractivity contribution in [1.82, 2.24) is 14.7 Å². The molecule has 182 valence electrons. The maximum Gasteiger partial charge on any atom is 0.227 e. The van der Waals surface area contributed by atoms with Gasteiger partial charge < -0.3 is 14.6 Å². The highest BCUT2D eigenvalue weighted by Crippen LogP contribution is 2.34. The molecule has 6 heteroatoms. The van der Waals surface area contributed by atoms with Gasteiger partial charge in [-0.15, -0.1) is 0 Å². The summed E-state index contributed by atoms with van der Waals surface area (Å²) in [6.07, 6.45) is 5.24. The second-order valence-electron chi connectivity index (χ2n) is 9.33. The van der Waals surface area contributed by atoms with E-state index >= 15 is 0 Å². The normalized spacial score (nSPS) is 14.4. The molecule has 0 radical (unpaired) electrons. The summed E-state index contributed by atoms with van der Waals surface area (Å²) < 4.78 is 13.6. The highest BCUT2D eigenvalue weighted by Gasteiger charge is 2.28. The van der Waals surface area contributed by atoms with Crippen LogP contribution in [0.25, 0.3) is 5.69 Å². The SMILES string of the molecule is CCCC[C@H](O)CN(Cc1c(C)nn(-c2ccccc2)c1Oc1ccc(OC)cc1)CC1CC1. The number of benzene rings is 2. The Morgan fingerprint density at radius 3 is 2.44 bits per heavy atom. The molecule has 0 spiro atoms. The molecule has 1 saturated carbocycles. The second-order valence-corrected chi connectivity index (χ2v) is 9.33. The van der Waals surface area contributed by atoms with Gasteiger partial charge in [-0.3, -0.25) is 4.90 Å². The highest BCUT2D eigenvalue weighted by atomic mass is 16.5. The molecule has 0 bridgehead atoms. The van der Waals surface area contributed by atoms with E-state index in [-0.39, 0.29) is 6.10 Å². The van der Waals surface area contributed by atoms with Crippen LogP contribution in [0.1, 0.15) is 50.3 Å². The minimum absolute atomic E-state index is 0.311. The number of rotatable bonds is 13. The van der Waals surface area contributed by atoms with Crippen molar-refractivity contribution in [2.24, 2.45) is 5.92 Å². The van der Waals surface area contributed by atoms with Gasteiger partial charge in [0.25, 0.3) is 0 Å². The van der Waals surface area contributed by atoms with Crippen molar-refractivity contribution in [2.45, 2.75) is 58.6 Å². The summed E-state index contributed by atoms with van der Waals surface area (Å²) in [5, 5.41) is 15.5. The Labute approximate surface area is 203 Å². The molecule has 0 aliphatic heterocycles. The predicted octanol–water partition coefficient (Wildman–Crippen LogP) is 5.74. The lowest BCUT2D eigenvalue weighted by Gasteiger charge is -2.25. The monoisotopic (exact) mass is 463 g/mol. The highest BCUT2D eigenvalue weighted by molar-refractivity contribution is 5.44. The molecule has 1 atom stereocenters. The topological polar surface area (TPSA) is 59.8 Å². The van der Waals surface area contributed by atoms with Crippen molar-refractivity contribution in [3.63, 3.8) is 0 Å². The molecular weight excluding hydrogens is 426 g/mol. The maximum absolute atomic E-state index is 10.7. The predicted molar refractivity (Wildman–Crippen MR) is 135 cm³/mol. The van der Waals surface area contributed by atoms with Crippen LogP contribution in [0.5, 0.6) is 17.4 Å². The lowest BCUT2D eigenvalue weighted by molar-refractivity contribution is 0.0965. The van der Waals surface area contributed by atoms with Crippen LogP contribution in [0.2, 0.25) is 0 Å². The maximum atomic E-state index is 10.7. The zero-order valence-electron chi connectivity index (χ0n) is 20.6. The number of hydrogen-bond acceptors (Lipinski definition) is 5. The van der Waals surface area contributed by atoms with Gasteiger partial charge in [0.1, 0.15) is 11.5 Å². The number of aliphatic hydroxyl groups is 1. The Kier molecular flexibility index (Phi) is 8.25. The first kappa shape index (κ1) is 24.3. The van der Waals surface area contributed by atoms with Gasteiger partial charge in [-0.2, -0.15) is 5.10 Å². The van der Waals surface area contributed by atoms with E-state index < -0.39 is 0 Å². The number of aromatic nitrogens is 2. The fourth-order valence-corrected chi connectivity index (χ4v) is 4.25. The third-order valence-electron chi connectivity index (χ3n) is 6.37. The number of para-hydroxylation sites is 1. The van der Waals surface area contributed by atoms with Crippen LogP contribution in [0.3, 0.4) is 0 Å². The van der Waals surface area contributed by atoms with Gasteiger partial charge in [-0.1, -0.05) is 38.0 Å². The van der Waals surface area contributed by atoms with Gasteiger partial charge >= 0.3 is 0 Å². The summed E-state index contributed by atoms with van der Waals surface area (Å²) in [5.74, 6) is 2.97. The fourth-order valence-electron chi connectivity index (χ4n) is 4.25. The number of aliphatic hydroxyl groups excluding tert-OH is 1. The lowest BCUT2D eigenvalue weighted by atomic mass is 10.1. The summed E-state index contributed by atoms with van der Waals surface area (Å²) in [7, 11) is 1.66. The van der Waals surface area contributed by atoms with E-state index in [4.69, 9.17) is 14.6 Å². The van der Waals surface area contributed by atoms with Crippen molar-refractivity contribution in [1.29, 1.82) is 0 Å². The number of hydrogen-bond donors (Lipinski definition) is 1. The fraction of sp³-hybridized carbons (Fsp3) is 0.464. The van der Waals surface area contributed by atoms with E-state index in [1.807, 2.05) is 66.2 Å². The number of ether oxygens (including phenoxy) is 2. The average Bonchev–Trinajstić information content (AvgIpc) is 3.63. The Hall–Kier alpha value is -2.83. The molecule has 1 aromatic heterocycles. The number of nitrogens with zero attached hydrogens (tertiary/aromatic N) is 3. The summed E-state index contributed by atoms with van der Waals surface area (Å²) >= 11 is 0. The van der Waals surface area contributed by atoms with Gasteiger partial charge in [0.05, 0.1) is 30.2 Å². The molecule has 2 aromatic carbocycles. The van der Waals surface area contributed by atoms with Crippen LogP contribution in [0.4, 0.5) is 0 Å². The molecule has 3 aromatic rings. The zero-order chi connectivity index (χ0) is 23.9. The average molecular weight is 464 g/mol. The van der Waals surface area contributed by atoms with E-state index in [2.05, 4.69) is 11.8 Å². The lowest BCUT2D eigenvalue weighted by Crippen LogP contribution is -2.34. The Morgan fingerprint density at radius 1 is 1.09 bits per heavy atom. The largest absolute Gasteiger partial charge is 0.497 e. The molecule has 1 aliphatic rings. The minimum Gasteiger partial charge on any atom is -0.497 e. The third kappa shape index (κ3) is 6.39. The van der Waals surface area contributed by atoms with Crippen LogP contribution in [0, 0.1) is 12.8 Å². The number of aryl methyl sites for hydroxylation is 1. The zero-order valence-corrected chi connectivity index (χ0v) is 20.6. The Morgan fingerprint density at radius 2 is 1.79 bits per heavy atom. The molecule has 1 fully saturated rings. The third-order valence-corrected chi connectivity index (χ3v) is 6.37. The van der Waals surface area contributed by atoms with Crippen LogP contribution < -0.4 is 9.47 Å². The van der Waals surface area contributed by atoms with E-state index in [0.717, 1.165) is 66.0 Å². The van der Waals surface area contributed by atoms with E-state index in [1.165, 1.54) is 12.8 Å². The van der Waals surface area contributed by atoms with Crippen LogP contribution in [0.15, 0.2) is 54.6 Å². The molecule has 6 nitrogen and oxygen atoms in total. The number of unbranched alkanes of at least 4 members (excludes halogenated alkanes) is 1. The standard InChI is InChI=1S/C28H37N3O3/c1-4-5-11-24(32)19-30(18-22-12-13-22)20-27-21(2)29-31(23-9-7-6-8-10-23)28(27)34-26-16-14-25(33-3)15-17-26/h6-10,14-17,22,24,32H,4-5,11-13,18-20H2,1-3H3/t24-/m0/s1. The quantitative estimate of drug-likeness (QED) is 0.350. The van der Waals surface area contributed by atoms with Crippen molar-refractivity contribution < 1.29 is 14.6 Å². The molecule has 1 heterocycles. The summed E-state index contributed by atoms with van der Waals surface area (Å²) in [6, 6.07) is 17.7. The molecule has 34 heavy (non-hydrogen) atoms. The van der Waals surface area contributed by atoms with Crippen molar-refractivity contribution in [3.05, 3.63) is 65.9 Å². The van der Waals surface area contributed by atoms with Crippen LogP contribution >= 0.6 is 0 Å². The van der Waals surface area contributed by atoms with Crippen molar-refractivity contribution in [3.8, 4) is 23.1 Å². The second kappa shape index (κ2) is 11.5. The van der Waals surface area contributed by atoms with Crippen LogP contribution in [-0.4, -0.2) is 46.1 Å². The van der Waals surface area contributed by atoms with E-state index in [0.29, 0.717) is 13.1 Å². The Bertz CT molecular complexity index is 1030. The Balaban J connectivity index is 1.64. The van der Waals surface area contributed by atoms with Gasteiger partial charge in [0.2, 0.25) is 5.88 Å². The van der Waals surface area contributed by atoms with Crippen LogP contribution in [-0.2, 0) is 6.54 Å². The summed E-state index contributed by atoms with van der Waals surface area (Å²) in [4.78, 5) is 2.39. The first-order valence-corrected chi connectivity index (χ1v) is 12.4. The van der Waals surface area contributed by atoms with E-state index in [1.54, 1.807) is 7.11 Å². The summed E-state index contributed by atoms with van der Waals surface area (Å²) in [6.45, 7) is 6.58. The summed E-state index contributed by atoms with van der Waals surface area (Å²) in [5.41, 5.74) is 2.95. The van der Waals surface area contributed by atoms with Crippen molar-refractivity contribution in [2.75, 3.05) is 20.2 Å². The number of methoxy groups -OCH3 is 1. The molecule has 0 unspecified atom stereocenters. The molecule has 0 saturated heterocycles. The smallest absolute Gasteiger partial charge is 0.227 e. The van der Waals surface area contributed by atoms with Gasteiger partial charge in [0.15, 0.2) is 0 Å². The molecule has 4 rings (SSSR count). The van der Waals surface area contributed by atoms with Gasteiger partial charge in [0, 0.05) is 19.6 Å². The van der Waals surface area contributed by atoms with E-state index in [9.17, 15) is 5.11 Å². The molecule has 1 aliphatic carbocycles.